The van der Waals surface area contributed by atoms with Crippen molar-refractivity contribution in [1.82, 2.24) is 0 Å². The van der Waals surface area contributed by atoms with E-state index in [0.717, 1.165) is 6.92 Å². The van der Waals surface area contributed by atoms with Crippen LogP contribution in [0.4, 0.5) is 0 Å². The number of phenols is 2. The molecule has 0 amide bonds. The minimum absolute atomic E-state index is 0.0661. The average molecular weight is 256 g/mol. The highest BCUT2D eigenvalue weighted by atomic mass is 16.3. The molecule has 2 N–H and O–H groups in total. The van der Waals surface area contributed by atoms with Crippen LogP contribution in [0.3, 0.4) is 0 Å². The quantitative estimate of drug-likeness (QED) is 0.503. The summed E-state index contributed by atoms with van der Waals surface area (Å²) < 4.78 is 0. The van der Waals surface area contributed by atoms with Gasteiger partial charge in [0.2, 0.25) is 5.78 Å². The van der Waals surface area contributed by atoms with Gasteiger partial charge in [-0.2, -0.15) is 0 Å². The molecule has 0 saturated carbocycles. The van der Waals surface area contributed by atoms with E-state index in [1.54, 1.807) is 24.3 Å². The Kier molecular flexibility index (Phi) is 3.09. The van der Waals surface area contributed by atoms with Gasteiger partial charge in [-0.3, -0.25) is 9.59 Å². The molecule has 96 valence electrons. The average Bonchev–Trinajstić information content (AvgIpc) is 2.41. The summed E-state index contributed by atoms with van der Waals surface area (Å²) in [6, 6.07) is 6.53. The predicted octanol–water partition coefficient (Wildman–Crippen LogP) is 2.67. The molecule has 2 aromatic rings. The third-order valence-electron chi connectivity index (χ3n) is 2.95. The number of benzene rings is 2. The van der Waals surface area contributed by atoms with Gasteiger partial charge in [0.05, 0.1) is 5.56 Å². The van der Waals surface area contributed by atoms with Crippen molar-refractivity contribution < 1.29 is 19.8 Å². The van der Waals surface area contributed by atoms with Crippen molar-refractivity contribution in [3.05, 3.63) is 42.0 Å². The predicted molar refractivity (Wildman–Crippen MR) is 72.4 cm³/mol. The first kappa shape index (κ1) is 12.8. The van der Waals surface area contributed by atoms with Gasteiger partial charge in [0, 0.05) is 23.3 Å². The van der Waals surface area contributed by atoms with Crippen LogP contribution in [0.1, 0.15) is 22.8 Å². The Balaban J connectivity index is 2.98. The van der Waals surface area contributed by atoms with Crippen LogP contribution < -0.4 is 0 Å². The fourth-order valence-electron chi connectivity index (χ4n) is 2.03. The molecule has 0 unspecified atom stereocenters. The summed E-state index contributed by atoms with van der Waals surface area (Å²) >= 11 is 0. The number of Topliss-reactive ketones (excluding diaryl/α,β-unsaturated/α-hetero) is 2. The Labute approximate surface area is 109 Å². The summed E-state index contributed by atoms with van der Waals surface area (Å²) in [5.74, 6) is -2.06. The minimum atomic E-state index is -0.853. The molecular weight excluding hydrogens is 244 g/mol. The maximum atomic E-state index is 11.9. The first-order chi connectivity index (χ1) is 8.99. The molecule has 0 aliphatic rings. The lowest BCUT2D eigenvalue weighted by Gasteiger charge is -2.12. The number of hydrogen-bond donors (Lipinski definition) is 2. The van der Waals surface area contributed by atoms with E-state index in [2.05, 4.69) is 6.58 Å². The van der Waals surface area contributed by atoms with E-state index in [4.69, 9.17) is 0 Å². The Hall–Kier alpha value is -2.62. The van der Waals surface area contributed by atoms with Gasteiger partial charge in [0.15, 0.2) is 5.78 Å². The fraction of sp³-hybridized carbons (Fsp3) is 0.0667. The first-order valence-corrected chi connectivity index (χ1v) is 5.63. The molecule has 19 heavy (non-hydrogen) atoms. The van der Waals surface area contributed by atoms with Crippen molar-refractivity contribution in [3.8, 4) is 11.5 Å². The molecule has 0 aliphatic carbocycles. The van der Waals surface area contributed by atoms with Gasteiger partial charge < -0.3 is 10.2 Å². The van der Waals surface area contributed by atoms with Crippen molar-refractivity contribution in [3.63, 3.8) is 0 Å². The number of aromatic hydroxyl groups is 2. The van der Waals surface area contributed by atoms with Crippen LogP contribution in [0.25, 0.3) is 16.8 Å². The zero-order valence-electron chi connectivity index (χ0n) is 10.3. The topological polar surface area (TPSA) is 74.6 Å². The van der Waals surface area contributed by atoms with E-state index in [1.165, 1.54) is 6.08 Å². The molecule has 0 heterocycles. The van der Waals surface area contributed by atoms with Crippen LogP contribution in [0.2, 0.25) is 0 Å². The minimum Gasteiger partial charge on any atom is -0.507 e. The number of phenolic OH excluding ortho intramolecular Hbond substituents is 2. The normalized spacial score (nSPS) is 10.4. The van der Waals surface area contributed by atoms with E-state index in [9.17, 15) is 19.8 Å². The monoisotopic (exact) mass is 256 g/mol. The molecule has 0 radical (unpaired) electrons. The second kappa shape index (κ2) is 4.57. The van der Waals surface area contributed by atoms with E-state index in [1.807, 2.05) is 0 Å². The zero-order valence-corrected chi connectivity index (χ0v) is 10.3. The number of carbonyl (C=O) groups excluding carboxylic acids is 2. The van der Waals surface area contributed by atoms with Crippen molar-refractivity contribution in [2.45, 2.75) is 6.92 Å². The summed E-state index contributed by atoms with van der Waals surface area (Å²) in [5, 5.41) is 21.0. The fourth-order valence-corrected chi connectivity index (χ4v) is 2.03. The van der Waals surface area contributed by atoms with Crippen molar-refractivity contribution >= 4 is 28.4 Å². The van der Waals surface area contributed by atoms with Crippen LogP contribution in [-0.4, -0.2) is 21.8 Å². The number of carbonyl (C=O) groups is 2. The number of ketones is 2. The molecular formula is C15H12O4. The number of rotatable bonds is 3. The Morgan fingerprint density at radius 1 is 1.11 bits per heavy atom. The Bertz CT molecular complexity index is 714. The third-order valence-corrected chi connectivity index (χ3v) is 2.95. The van der Waals surface area contributed by atoms with Crippen molar-refractivity contribution in [2.75, 3.05) is 0 Å². The van der Waals surface area contributed by atoms with Gasteiger partial charge in [-0.25, -0.2) is 0 Å². The Morgan fingerprint density at radius 2 is 1.63 bits per heavy atom. The van der Waals surface area contributed by atoms with Gasteiger partial charge in [-0.15, -0.1) is 0 Å². The lowest BCUT2D eigenvalue weighted by molar-refractivity contribution is -0.113. The van der Waals surface area contributed by atoms with Crippen molar-refractivity contribution in [1.29, 1.82) is 0 Å². The summed E-state index contributed by atoms with van der Waals surface area (Å²) in [6.07, 6.45) is 1.25. The van der Waals surface area contributed by atoms with E-state index in [-0.39, 0.29) is 22.6 Å². The third kappa shape index (κ3) is 1.87. The molecule has 0 aromatic heterocycles. The lowest BCUT2D eigenvalue weighted by atomic mass is 9.94. The SMILES string of the molecule is C=Cc1c(C(=O)C(C)=O)c(O)c2ccccc2c1O. The largest absolute Gasteiger partial charge is 0.507 e. The maximum absolute atomic E-state index is 11.9. The summed E-state index contributed by atoms with van der Waals surface area (Å²) in [7, 11) is 0. The summed E-state index contributed by atoms with van der Waals surface area (Å²) in [6.45, 7) is 4.62. The molecule has 4 heteroatoms. The van der Waals surface area contributed by atoms with E-state index in [0.29, 0.717) is 10.8 Å². The molecule has 0 atom stereocenters. The standard InChI is InChI=1S/C15H12O4/c1-3-9-12(13(17)8(2)16)15(19)11-7-5-4-6-10(11)14(9)18/h3-7,18-19H,1H2,2H3. The maximum Gasteiger partial charge on any atom is 0.232 e. The van der Waals surface area contributed by atoms with Crippen molar-refractivity contribution in [2.24, 2.45) is 0 Å². The molecule has 0 saturated heterocycles. The molecule has 2 aromatic carbocycles. The first-order valence-electron chi connectivity index (χ1n) is 5.63. The van der Waals surface area contributed by atoms with Crippen LogP contribution in [0.15, 0.2) is 30.8 Å². The van der Waals surface area contributed by atoms with Gasteiger partial charge in [0.25, 0.3) is 0 Å². The molecule has 0 spiro atoms. The lowest BCUT2D eigenvalue weighted by Crippen LogP contribution is -2.12. The number of hydrogen-bond acceptors (Lipinski definition) is 4. The van der Waals surface area contributed by atoms with Crippen LogP contribution in [0, 0.1) is 0 Å². The molecule has 0 aliphatic heterocycles. The van der Waals surface area contributed by atoms with Crippen LogP contribution in [-0.2, 0) is 4.79 Å². The number of fused-ring (bicyclic) bond motifs is 1. The van der Waals surface area contributed by atoms with Gasteiger partial charge in [-0.05, 0) is 0 Å². The van der Waals surface area contributed by atoms with Gasteiger partial charge in [0.1, 0.15) is 11.5 Å². The highest BCUT2D eigenvalue weighted by Gasteiger charge is 2.24. The molecule has 2 rings (SSSR count). The summed E-state index contributed by atoms with van der Waals surface area (Å²) in [5.41, 5.74) is -0.143. The highest BCUT2D eigenvalue weighted by molar-refractivity contribution is 6.44. The molecule has 0 bridgehead atoms. The highest BCUT2D eigenvalue weighted by Crippen LogP contribution is 2.40. The smallest absolute Gasteiger partial charge is 0.232 e. The van der Waals surface area contributed by atoms with E-state index >= 15 is 0 Å². The van der Waals surface area contributed by atoms with E-state index < -0.39 is 11.6 Å². The zero-order chi connectivity index (χ0) is 14.2. The van der Waals surface area contributed by atoms with Gasteiger partial charge in [-0.1, -0.05) is 36.9 Å². The second-order valence-electron chi connectivity index (χ2n) is 4.12. The molecule has 0 fully saturated rings. The summed E-state index contributed by atoms with van der Waals surface area (Å²) in [4.78, 5) is 23.1. The van der Waals surface area contributed by atoms with Gasteiger partial charge >= 0.3 is 0 Å². The second-order valence-corrected chi connectivity index (χ2v) is 4.12. The Morgan fingerprint density at radius 3 is 2.11 bits per heavy atom. The molecule has 4 nitrogen and oxygen atoms in total. The van der Waals surface area contributed by atoms with Crippen LogP contribution >= 0.6 is 0 Å². The van der Waals surface area contributed by atoms with Crippen LogP contribution in [0.5, 0.6) is 11.5 Å².